The molecule has 2 aliphatic heterocycles. The SMILES string of the molecule is CN1Cc2nnc(-c3ccco3)n2C2(CCN(Cc3cccc(Cl)c3)CC2)C1.O=C(O)C(F)(F)F.O=C(O)C(F)(F)F. The van der Waals surface area contributed by atoms with Crippen LogP contribution in [0.2, 0.25) is 5.02 Å². The molecule has 2 N–H and O–H groups in total. The summed E-state index contributed by atoms with van der Waals surface area (Å²) in [7, 11) is 2.17. The number of carboxylic acid groups (broad SMARTS) is 2. The number of hydrogen-bond acceptors (Lipinski definition) is 7. The molecule has 0 bridgehead atoms. The molecule has 0 amide bonds. The Labute approximate surface area is 240 Å². The van der Waals surface area contributed by atoms with Gasteiger partial charge >= 0.3 is 24.3 Å². The molecular formula is C25H26ClF6N5O5. The molecule has 0 radical (unpaired) electrons. The van der Waals surface area contributed by atoms with Crippen LogP contribution < -0.4 is 0 Å². The van der Waals surface area contributed by atoms with Gasteiger partial charge in [0.1, 0.15) is 5.82 Å². The van der Waals surface area contributed by atoms with E-state index in [0.29, 0.717) is 0 Å². The lowest BCUT2D eigenvalue weighted by molar-refractivity contribution is -0.193. The Bertz CT molecular complexity index is 1330. The van der Waals surface area contributed by atoms with Gasteiger partial charge in [0.05, 0.1) is 18.3 Å². The summed E-state index contributed by atoms with van der Waals surface area (Å²) in [6, 6.07) is 12.0. The van der Waals surface area contributed by atoms with Crippen LogP contribution in [0.4, 0.5) is 26.3 Å². The third-order valence-electron chi connectivity index (χ3n) is 6.49. The Morgan fingerprint density at radius 3 is 2.10 bits per heavy atom. The Morgan fingerprint density at radius 1 is 1.00 bits per heavy atom. The molecule has 0 aliphatic carbocycles. The van der Waals surface area contributed by atoms with E-state index in [2.05, 4.69) is 43.7 Å². The van der Waals surface area contributed by atoms with Crippen LogP contribution in [0.15, 0.2) is 47.1 Å². The molecule has 1 aromatic carbocycles. The van der Waals surface area contributed by atoms with Crippen molar-refractivity contribution >= 4 is 23.5 Å². The maximum Gasteiger partial charge on any atom is 0.490 e. The van der Waals surface area contributed by atoms with Gasteiger partial charge in [0.15, 0.2) is 11.6 Å². The highest BCUT2D eigenvalue weighted by atomic mass is 35.5. The lowest BCUT2D eigenvalue weighted by atomic mass is 9.84. The fraction of sp³-hybridized carbons (Fsp3) is 0.440. The molecule has 2 aromatic heterocycles. The van der Waals surface area contributed by atoms with E-state index < -0.39 is 24.3 Å². The fourth-order valence-electron chi connectivity index (χ4n) is 4.76. The minimum Gasteiger partial charge on any atom is -0.475 e. The number of aromatic nitrogens is 3. The molecule has 17 heteroatoms. The average Bonchev–Trinajstić information content (AvgIpc) is 3.56. The number of nitrogens with zero attached hydrogens (tertiary/aromatic N) is 5. The third kappa shape index (κ3) is 8.45. The van der Waals surface area contributed by atoms with E-state index in [-0.39, 0.29) is 5.54 Å². The molecule has 3 aromatic rings. The summed E-state index contributed by atoms with van der Waals surface area (Å²) >= 11 is 6.16. The van der Waals surface area contributed by atoms with Crippen molar-refractivity contribution in [3.63, 3.8) is 0 Å². The van der Waals surface area contributed by atoms with Crippen LogP contribution in [0.5, 0.6) is 0 Å². The van der Waals surface area contributed by atoms with E-state index >= 15 is 0 Å². The van der Waals surface area contributed by atoms with E-state index in [9.17, 15) is 26.3 Å². The normalized spacial score (nSPS) is 17.0. The van der Waals surface area contributed by atoms with Crippen molar-refractivity contribution in [3.05, 3.63) is 59.1 Å². The van der Waals surface area contributed by atoms with Gasteiger partial charge < -0.3 is 14.6 Å². The summed E-state index contributed by atoms with van der Waals surface area (Å²) in [6.07, 6.45) is -6.33. The molecule has 0 atom stereocenters. The van der Waals surface area contributed by atoms with Crippen molar-refractivity contribution in [2.24, 2.45) is 0 Å². The summed E-state index contributed by atoms with van der Waals surface area (Å²) in [4.78, 5) is 22.7. The second kappa shape index (κ2) is 13.1. The molecule has 1 fully saturated rings. The van der Waals surface area contributed by atoms with Crippen LogP contribution in [-0.2, 0) is 28.2 Å². The Kier molecular flexibility index (Phi) is 10.3. The van der Waals surface area contributed by atoms with E-state index in [1.807, 2.05) is 24.3 Å². The number of furan rings is 1. The molecule has 2 aliphatic rings. The lowest BCUT2D eigenvalue weighted by Gasteiger charge is -2.48. The largest absolute Gasteiger partial charge is 0.490 e. The van der Waals surface area contributed by atoms with E-state index in [1.165, 1.54) is 5.56 Å². The van der Waals surface area contributed by atoms with Crippen LogP contribution in [-0.4, -0.2) is 85.8 Å². The van der Waals surface area contributed by atoms with Crippen molar-refractivity contribution in [1.29, 1.82) is 0 Å². The minimum atomic E-state index is -5.08. The van der Waals surface area contributed by atoms with Gasteiger partial charge in [0.25, 0.3) is 0 Å². The molecule has 4 heterocycles. The number of rotatable bonds is 3. The molecular weight excluding hydrogens is 600 g/mol. The number of likely N-dealkylation sites (tertiary alicyclic amines) is 1. The molecule has 10 nitrogen and oxygen atoms in total. The molecule has 0 unspecified atom stereocenters. The van der Waals surface area contributed by atoms with Gasteiger partial charge in [0.2, 0.25) is 0 Å². The van der Waals surface area contributed by atoms with Crippen LogP contribution in [0, 0.1) is 0 Å². The smallest absolute Gasteiger partial charge is 0.475 e. The van der Waals surface area contributed by atoms with E-state index in [0.717, 1.165) is 68.0 Å². The van der Waals surface area contributed by atoms with E-state index in [4.69, 9.17) is 35.8 Å². The summed E-state index contributed by atoms with van der Waals surface area (Å²) in [5.74, 6) is -2.83. The predicted octanol–water partition coefficient (Wildman–Crippen LogP) is 4.89. The first kappa shape index (κ1) is 32.9. The van der Waals surface area contributed by atoms with Crippen molar-refractivity contribution in [3.8, 4) is 11.6 Å². The van der Waals surface area contributed by atoms with Gasteiger partial charge in [-0.3, -0.25) is 14.4 Å². The van der Waals surface area contributed by atoms with Crippen LogP contribution in [0.3, 0.4) is 0 Å². The van der Waals surface area contributed by atoms with Crippen LogP contribution in [0.1, 0.15) is 24.2 Å². The monoisotopic (exact) mass is 625 g/mol. The Hall–Kier alpha value is -3.63. The first-order chi connectivity index (χ1) is 19.5. The molecule has 42 heavy (non-hydrogen) atoms. The molecule has 5 rings (SSSR count). The van der Waals surface area contributed by atoms with Gasteiger partial charge in [-0.15, -0.1) is 10.2 Å². The number of hydrogen-bond donors (Lipinski definition) is 2. The molecule has 1 spiro atoms. The number of aliphatic carboxylic acids is 2. The van der Waals surface area contributed by atoms with E-state index in [1.54, 1.807) is 6.26 Å². The average molecular weight is 626 g/mol. The third-order valence-corrected chi connectivity index (χ3v) is 6.72. The Morgan fingerprint density at radius 2 is 1.60 bits per heavy atom. The predicted molar refractivity (Wildman–Crippen MR) is 135 cm³/mol. The number of halogens is 7. The minimum absolute atomic E-state index is 0.0127. The van der Waals surface area contributed by atoms with Gasteiger partial charge in [-0.1, -0.05) is 23.7 Å². The zero-order valence-corrected chi connectivity index (χ0v) is 22.7. The maximum absolute atomic E-state index is 10.6. The number of piperidine rings is 1. The number of benzene rings is 1. The number of fused-ring (bicyclic) bond motifs is 2. The first-order valence-corrected chi connectivity index (χ1v) is 12.6. The second-order valence-electron chi connectivity index (χ2n) is 9.66. The highest BCUT2D eigenvalue weighted by Crippen LogP contribution is 2.39. The van der Waals surface area contributed by atoms with Gasteiger partial charge in [-0.25, -0.2) is 9.59 Å². The van der Waals surface area contributed by atoms with Crippen LogP contribution in [0.25, 0.3) is 11.6 Å². The topological polar surface area (TPSA) is 125 Å². The molecule has 1 saturated heterocycles. The first-order valence-electron chi connectivity index (χ1n) is 12.3. The standard InChI is InChI=1S/C21H24ClN5O.2C2HF3O2/c1-25-14-19-23-24-20(18-6-3-11-28-18)27(19)21(15-25)7-9-26(10-8-21)13-16-4-2-5-17(22)12-16;2*3-2(4,5)1(6)7/h2-6,11-12H,7-10,13-15H2,1H3;2*(H,6,7). The summed E-state index contributed by atoms with van der Waals surface area (Å²) < 4.78 is 71.5. The zero-order chi connectivity index (χ0) is 31.3. The highest BCUT2D eigenvalue weighted by molar-refractivity contribution is 6.30. The number of carboxylic acids is 2. The van der Waals surface area contributed by atoms with Gasteiger partial charge in [-0.05, 0) is 49.7 Å². The van der Waals surface area contributed by atoms with Crippen molar-refractivity contribution < 1.29 is 50.6 Å². The highest BCUT2D eigenvalue weighted by Gasteiger charge is 2.44. The zero-order valence-electron chi connectivity index (χ0n) is 22.0. The summed E-state index contributed by atoms with van der Waals surface area (Å²) in [5.41, 5.74) is 1.28. The summed E-state index contributed by atoms with van der Waals surface area (Å²) in [5, 5.41) is 24.0. The summed E-state index contributed by atoms with van der Waals surface area (Å²) in [6.45, 7) is 4.84. The van der Waals surface area contributed by atoms with Crippen molar-refractivity contribution in [2.45, 2.75) is 43.8 Å². The molecule has 0 saturated carbocycles. The quantitative estimate of drug-likeness (QED) is 0.391. The fourth-order valence-corrected chi connectivity index (χ4v) is 4.97. The van der Waals surface area contributed by atoms with Crippen molar-refractivity contribution in [2.75, 3.05) is 26.7 Å². The van der Waals surface area contributed by atoms with Crippen molar-refractivity contribution in [1.82, 2.24) is 24.6 Å². The number of carbonyl (C=O) groups is 2. The number of alkyl halides is 6. The Balaban J connectivity index is 0.000000289. The molecule has 230 valence electrons. The van der Waals surface area contributed by atoms with Crippen LogP contribution >= 0.6 is 11.6 Å². The lowest BCUT2D eigenvalue weighted by Crippen LogP contribution is -2.55. The number of likely N-dealkylation sites (N-methyl/N-ethyl adjacent to an activating group) is 1. The maximum atomic E-state index is 10.6. The van der Waals surface area contributed by atoms with Gasteiger partial charge in [0, 0.05) is 31.2 Å². The second-order valence-corrected chi connectivity index (χ2v) is 10.1. The van der Waals surface area contributed by atoms with Gasteiger partial charge in [-0.2, -0.15) is 26.3 Å².